The van der Waals surface area contributed by atoms with Crippen LogP contribution < -0.4 is 9.62 Å². The molecule has 7 nitrogen and oxygen atoms in total. The molecule has 2 amide bonds. The second-order valence-electron chi connectivity index (χ2n) is 9.90. The number of carbonyl (C=O) groups is 2. The minimum atomic E-state index is -4.16. The number of hydrogen-bond donors (Lipinski definition) is 1. The van der Waals surface area contributed by atoms with Crippen LogP contribution in [0.3, 0.4) is 0 Å². The molecule has 0 radical (unpaired) electrons. The molecule has 4 aromatic rings. The van der Waals surface area contributed by atoms with Crippen molar-refractivity contribution < 1.29 is 18.0 Å². The molecule has 4 rings (SSSR count). The fourth-order valence-corrected chi connectivity index (χ4v) is 6.64. The first-order valence-electron chi connectivity index (χ1n) is 13.8. The molecule has 0 saturated carbocycles. The van der Waals surface area contributed by atoms with Gasteiger partial charge in [0.15, 0.2) is 0 Å². The van der Waals surface area contributed by atoms with Gasteiger partial charge >= 0.3 is 0 Å². The molecule has 0 heterocycles. The summed E-state index contributed by atoms with van der Waals surface area (Å²) in [5, 5.41) is 3.33. The fraction of sp³-hybridized carbons (Fsp3) is 0.212. The number of hydrogen-bond acceptors (Lipinski definition) is 4. The lowest BCUT2D eigenvalue weighted by Crippen LogP contribution is -2.53. The van der Waals surface area contributed by atoms with Crippen LogP contribution in [0.1, 0.15) is 23.6 Å². The van der Waals surface area contributed by atoms with Crippen molar-refractivity contribution >= 4 is 50.7 Å². The molecular weight excluding hydrogens is 605 g/mol. The summed E-state index contributed by atoms with van der Waals surface area (Å²) in [6.07, 6.45) is 0.761. The van der Waals surface area contributed by atoms with E-state index >= 15 is 0 Å². The number of carbonyl (C=O) groups excluding carboxylic acids is 2. The number of anilines is 1. The molecule has 4 aromatic carbocycles. The van der Waals surface area contributed by atoms with E-state index in [-0.39, 0.29) is 23.8 Å². The summed E-state index contributed by atoms with van der Waals surface area (Å²) in [4.78, 5) is 29.2. The Morgan fingerprint density at radius 1 is 0.814 bits per heavy atom. The van der Waals surface area contributed by atoms with Gasteiger partial charge in [0, 0.05) is 20.0 Å². The lowest BCUT2D eigenvalue weighted by atomic mass is 10.0. The van der Waals surface area contributed by atoms with Crippen LogP contribution >= 0.6 is 23.2 Å². The fourth-order valence-electron chi connectivity index (χ4n) is 4.84. The Labute approximate surface area is 263 Å². The molecule has 0 spiro atoms. The number of nitrogens with zero attached hydrogens (tertiary/aromatic N) is 2. The third-order valence-electron chi connectivity index (χ3n) is 7.11. The highest BCUT2D eigenvalue weighted by molar-refractivity contribution is 7.92. The Hall–Kier alpha value is -3.85. The van der Waals surface area contributed by atoms with Crippen molar-refractivity contribution in [2.24, 2.45) is 0 Å². The number of halogens is 2. The van der Waals surface area contributed by atoms with Gasteiger partial charge in [-0.15, -0.1) is 0 Å². The van der Waals surface area contributed by atoms with Gasteiger partial charge < -0.3 is 10.2 Å². The van der Waals surface area contributed by atoms with Crippen molar-refractivity contribution in [2.75, 3.05) is 17.9 Å². The molecular formula is C33H33Cl2N3O4S. The number of para-hydroxylation sites is 1. The highest BCUT2D eigenvalue weighted by Gasteiger charge is 2.35. The molecule has 0 bridgehead atoms. The Bertz CT molecular complexity index is 1670. The zero-order valence-corrected chi connectivity index (χ0v) is 26.2. The zero-order chi connectivity index (χ0) is 31.0. The highest BCUT2D eigenvalue weighted by Crippen LogP contribution is 2.29. The average molecular weight is 639 g/mol. The van der Waals surface area contributed by atoms with Crippen LogP contribution in [0.25, 0.3) is 0 Å². The second kappa shape index (κ2) is 14.6. The van der Waals surface area contributed by atoms with Gasteiger partial charge in [0.1, 0.15) is 12.6 Å². The molecule has 1 N–H and O–H groups in total. The van der Waals surface area contributed by atoms with E-state index in [4.69, 9.17) is 23.2 Å². The number of sulfonamides is 1. The van der Waals surface area contributed by atoms with Crippen LogP contribution in [0.15, 0.2) is 108 Å². The van der Waals surface area contributed by atoms with Crippen molar-refractivity contribution in [3.05, 3.63) is 130 Å². The molecule has 0 fully saturated rings. The smallest absolute Gasteiger partial charge is 0.264 e. The van der Waals surface area contributed by atoms with E-state index in [0.717, 1.165) is 15.4 Å². The van der Waals surface area contributed by atoms with Crippen LogP contribution in [-0.4, -0.2) is 44.8 Å². The molecule has 0 aromatic heterocycles. The molecule has 43 heavy (non-hydrogen) atoms. The van der Waals surface area contributed by atoms with Gasteiger partial charge in [-0.3, -0.25) is 13.9 Å². The monoisotopic (exact) mass is 637 g/mol. The first-order valence-corrected chi connectivity index (χ1v) is 16.0. The van der Waals surface area contributed by atoms with Crippen LogP contribution in [0.2, 0.25) is 10.0 Å². The SMILES string of the molecule is CCc1ccccc1N(CC(=O)N(Cc1ccc(Cl)c(Cl)c1)[C@H](Cc1ccccc1)C(=O)NC)S(=O)(=O)c1ccccc1. The van der Waals surface area contributed by atoms with Crippen molar-refractivity contribution in [2.45, 2.75) is 37.2 Å². The second-order valence-corrected chi connectivity index (χ2v) is 12.6. The van der Waals surface area contributed by atoms with Crippen molar-refractivity contribution in [3.63, 3.8) is 0 Å². The topological polar surface area (TPSA) is 86.8 Å². The number of benzene rings is 4. The summed E-state index contributed by atoms with van der Waals surface area (Å²) in [6.45, 7) is 1.39. The number of likely N-dealkylation sites (N-methyl/N-ethyl adjacent to an activating group) is 1. The van der Waals surface area contributed by atoms with Crippen molar-refractivity contribution in [1.82, 2.24) is 10.2 Å². The van der Waals surface area contributed by atoms with Crippen LogP contribution in [0.5, 0.6) is 0 Å². The largest absolute Gasteiger partial charge is 0.357 e. The van der Waals surface area contributed by atoms with Crippen LogP contribution in [0.4, 0.5) is 5.69 Å². The Kier molecular flexibility index (Phi) is 10.9. The summed E-state index contributed by atoms with van der Waals surface area (Å²) in [5.74, 6) is -0.940. The third kappa shape index (κ3) is 7.76. The third-order valence-corrected chi connectivity index (χ3v) is 9.62. The number of nitrogens with one attached hydrogen (secondary N) is 1. The first kappa shape index (κ1) is 32.1. The Morgan fingerprint density at radius 2 is 1.44 bits per heavy atom. The maximum Gasteiger partial charge on any atom is 0.264 e. The molecule has 10 heteroatoms. The van der Waals surface area contributed by atoms with E-state index in [1.165, 1.54) is 24.1 Å². The van der Waals surface area contributed by atoms with E-state index in [1.807, 2.05) is 49.4 Å². The van der Waals surface area contributed by atoms with E-state index < -0.39 is 28.5 Å². The van der Waals surface area contributed by atoms with Crippen molar-refractivity contribution in [3.8, 4) is 0 Å². The lowest BCUT2D eigenvalue weighted by Gasteiger charge is -2.34. The molecule has 0 saturated heterocycles. The van der Waals surface area contributed by atoms with Gasteiger partial charge in [-0.25, -0.2) is 8.42 Å². The van der Waals surface area contributed by atoms with Gasteiger partial charge in [-0.05, 0) is 53.4 Å². The summed E-state index contributed by atoms with van der Waals surface area (Å²) in [5.41, 5.74) is 2.64. The van der Waals surface area contributed by atoms with Crippen LogP contribution in [-0.2, 0) is 39.0 Å². The standard InChI is InChI=1S/C33H33Cl2N3O4S/c1-3-26-14-10-11-17-30(26)38(43(41,42)27-15-8-5-9-16-27)23-32(39)37(22-25-18-19-28(34)29(35)20-25)31(33(40)36-2)21-24-12-6-4-7-13-24/h4-20,31H,3,21-23H2,1-2H3,(H,36,40)/t31-/m1/s1. The predicted octanol–water partition coefficient (Wildman–Crippen LogP) is 6.14. The van der Waals surface area contributed by atoms with Gasteiger partial charge in [0.25, 0.3) is 10.0 Å². The number of aryl methyl sites for hydroxylation is 1. The number of rotatable bonds is 12. The molecule has 0 aliphatic heterocycles. The van der Waals surface area contributed by atoms with Gasteiger partial charge in [0.2, 0.25) is 11.8 Å². The van der Waals surface area contributed by atoms with E-state index in [1.54, 1.807) is 48.5 Å². The van der Waals surface area contributed by atoms with Gasteiger partial charge in [-0.2, -0.15) is 0 Å². The lowest BCUT2D eigenvalue weighted by molar-refractivity contribution is -0.139. The first-order chi connectivity index (χ1) is 20.6. The number of amides is 2. The maximum atomic E-state index is 14.4. The quantitative estimate of drug-likeness (QED) is 0.202. The van der Waals surface area contributed by atoms with Gasteiger partial charge in [0.05, 0.1) is 20.6 Å². The van der Waals surface area contributed by atoms with E-state index in [9.17, 15) is 18.0 Å². The van der Waals surface area contributed by atoms with E-state index in [0.29, 0.717) is 27.7 Å². The Morgan fingerprint density at radius 3 is 2.07 bits per heavy atom. The molecule has 0 aliphatic rings. The summed E-state index contributed by atoms with van der Waals surface area (Å²) < 4.78 is 29.3. The molecule has 224 valence electrons. The molecule has 0 unspecified atom stereocenters. The summed E-state index contributed by atoms with van der Waals surface area (Å²) in [6, 6.07) is 28.5. The van der Waals surface area contributed by atoms with Gasteiger partial charge in [-0.1, -0.05) is 103 Å². The molecule has 0 aliphatic carbocycles. The predicted molar refractivity (Wildman–Crippen MR) is 172 cm³/mol. The van der Waals surface area contributed by atoms with Crippen LogP contribution in [0, 0.1) is 0 Å². The minimum Gasteiger partial charge on any atom is -0.357 e. The summed E-state index contributed by atoms with van der Waals surface area (Å²) in [7, 11) is -2.66. The van der Waals surface area contributed by atoms with Crippen molar-refractivity contribution in [1.29, 1.82) is 0 Å². The maximum absolute atomic E-state index is 14.4. The average Bonchev–Trinajstić information content (AvgIpc) is 3.03. The minimum absolute atomic E-state index is 0.00467. The Balaban J connectivity index is 1.82. The zero-order valence-electron chi connectivity index (χ0n) is 23.9. The van der Waals surface area contributed by atoms with E-state index in [2.05, 4.69) is 5.32 Å². The molecule has 1 atom stereocenters. The highest BCUT2D eigenvalue weighted by atomic mass is 35.5. The normalized spacial score (nSPS) is 11.9. The summed E-state index contributed by atoms with van der Waals surface area (Å²) >= 11 is 12.4.